The second-order valence-corrected chi connectivity index (χ2v) is 9.65. The van der Waals surface area contributed by atoms with Crippen molar-refractivity contribution < 1.29 is 22.7 Å². The quantitative estimate of drug-likeness (QED) is 0.547. The van der Waals surface area contributed by atoms with Gasteiger partial charge in [0.25, 0.3) is 5.91 Å². The number of carbonyl (C=O) groups is 1. The van der Waals surface area contributed by atoms with Gasteiger partial charge >= 0.3 is 0 Å². The van der Waals surface area contributed by atoms with Crippen molar-refractivity contribution in [3.8, 4) is 5.75 Å². The second-order valence-electron chi connectivity index (χ2n) is 6.86. The van der Waals surface area contributed by atoms with E-state index in [-0.39, 0.29) is 36.9 Å². The molecule has 0 aliphatic carbocycles. The van der Waals surface area contributed by atoms with Crippen LogP contribution in [0.1, 0.15) is 10.5 Å². The number of rotatable bonds is 6. The Bertz CT molecular complexity index is 1180. The molecule has 1 fully saturated rings. The SMILES string of the molecule is NC(=O)c1[nH]c2ccc(Br)cc2c1S(=O)(=O)N1CCOC(COc2ccccc2)C1. The van der Waals surface area contributed by atoms with Crippen LogP contribution in [-0.2, 0) is 14.8 Å². The fourth-order valence-corrected chi connectivity index (χ4v) is 5.58. The van der Waals surface area contributed by atoms with Crippen molar-refractivity contribution in [2.24, 2.45) is 5.73 Å². The first-order chi connectivity index (χ1) is 14.4. The summed E-state index contributed by atoms with van der Waals surface area (Å²) < 4.78 is 40.4. The van der Waals surface area contributed by atoms with Gasteiger partial charge in [0.05, 0.1) is 6.61 Å². The lowest BCUT2D eigenvalue weighted by atomic mass is 10.2. The van der Waals surface area contributed by atoms with Gasteiger partial charge in [-0.1, -0.05) is 34.1 Å². The van der Waals surface area contributed by atoms with E-state index in [1.54, 1.807) is 18.2 Å². The number of ether oxygens (including phenoxy) is 2. The van der Waals surface area contributed by atoms with Gasteiger partial charge in [0.2, 0.25) is 10.0 Å². The van der Waals surface area contributed by atoms with Crippen molar-refractivity contribution in [2.75, 3.05) is 26.3 Å². The Labute approximate surface area is 182 Å². The van der Waals surface area contributed by atoms with E-state index in [2.05, 4.69) is 20.9 Å². The molecule has 8 nitrogen and oxygen atoms in total. The maximum absolute atomic E-state index is 13.5. The summed E-state index contributed by atoms with van der Waals surface area (Å²) in [6.45, 7) is 0.704. The van der Waals surface area contributed by atoms with Crippen LogP contribution in [0.4, 0.5) is 0 Å². The molecule has 0 spiro atoms. The standard InChI is InChI=1S/C20H20BrN3O5S/c21-13-6-7-17-16(10-13)19(18(23-17)20(22)25)30(26,27)24-8-9-28-15(11-24)12-29-14-4-2-1-3-5-14/h1-7,10,15,23H,8-9,11-12H2,(H2,22,25). The molecule has 158 valence electrons. The fraction of sp³-hybridized carbons (Fsp3) is 0.250. The molecule has 0 saturated carbocycles. The average molecular weight is 494 g/mol. The Kier molecular flexibility index (Phi) is 5.83. The summed E-state index contributed by atoms with van der Waals surface area (Å²) in [6.07, 6.45) is -0.442. The number of benzene rings is 2. The molecule has 0 radical (unpaired) electrons. The average Bonchev–Trinajstić information content (AvgIpc) is 3.13. The predicted molar refractivity (Wildman–Crippen MR) is 115 cm³/mol. The highest BCUT2D eigenvalue weighted by Crippen LogP contribution is 2.32. The lowest BCUT2D eigenvalue weighted by Crippen LogP contribution is -2.47. The Morgan fingerprint density at radius 2 is 2.03 bits per heavy atom. The number of amides is 1. The molecule has 10 heteroatoms. The number of H-pyrrole nitrogens is 1. The summed E-state index contributed by atoms with van der Waals surface area (Å²) in [6, 6.07) is 14.3. The number of para-hydroxylation sites is 1. The van der Waals surface area contributed by atoms with Crippen molar-refractivity contribution >= 4 is 42.8 Å². The molecule has 4 rings (SSSR count). The van der Waals surface area contributed by atoms with E-state index in [9.17, 15) is 13.2 Å². The summed E-state index contributed by atoms with van der Waals surface area (Å²) in [4.78, 5) is 14.7. The van der Waals surface area contributed by atoms with Gasteiger partial charge in [-0.3, -0.25) is 4.79 Å². The van der Waals surface area contributed by atoms with Crippen molar-refractivity contribution in [3.63, 3.8) is 0 Å². The van der Waals surface area contributed by atoms with Gasteiger partial charge in [-0.25, -0.2) is 8.42 Å². The van der Waals surface area contributed by atoms with Crippen LogP contribution in [-0.4, -0.2) is 56.0 Å². The topological polar surface area (TPSA) is 115 Å². The molecular weight excluding hydrogens is 474 g/mol. The number of sulfonamides is 1. The van der Waals surface area contributed by atoms with E-state index in [1.165, 1.54) is 4.31 Å². The second kappa shape index (κ2) is 8.38. The molecule has 2 aromatic carbocycles. The monoisotopic (exact) mass is 493 g/mol. The minimum atomic E-state index is -4.01. The summed E-state index contributed by atoms with van der Waals surface area (Å²) in [5, 5.41) is 0.404. The highest BCUT2D eigenvalue weighted by molar-refractivity contribution is 9.10. The third kappa shape index (κ3) is 4.08. The first-order valence-corrected chi connectivity index (χ1v) is 11.5. The van der Waals surface area contributed by atoms with Crippen LogP contribution in [0.15, 0.2) is 57.9 Å². The van der Waals surface area contributed by atoms with Crippen LogP contribution in [0, 0.1) is 0 Å². The molecule has 1 saturated heterocycles. The highest BCUT2D eigenvalue weighted by Gasteiger charge is 2.36. The number of carbonyl (C=O) groups excluding carboxylic acids is 1. The van der Waals surface area contributed by atoms with Crippen LogP contribution in [0.5, 0.6) is 5.75 Å². The Hall–Kier alpha value is -2.40. The third-order valence-corrected chi connectivity index (χ3v) is 7.28. The van der Waals surface area contributed by atoms with Crippen molar-refractivity contribution in [1.82, 2.24) is 9.29 Å². The van der Waals surface area contributed by atoms with Crippen LogP contribution in [0.25, 0.3) is 10.9 Å². The van der Waals surface area contributed by atoms with Crippen LogP contribution >= 0.6 is 15.9 Å². The Morgan fingerprint density at radius 1 is 1.27 bits per heavy atom. The number of aromatic amines is 1. The molecule has 1 aliphatic heterocycles. The van der Waals surface area contributed by atoms with Crippen molar-refractivity contribution in [1.29, 1.82) is 0 Å². The minimum absolute atomic E-state index is 0.105. The van der Waals surface area contributed by atoms with Gasteiger partial charge in [0.1, 0.15) is 29.0 Å². The van der Waals surface area contributed by atoms with Crippen LogP contribution < -0.4 is 10.5 Å². The summed E-state index contributed by atoms with van der Waals surface area (Å²) in [5.41, 5.74) is 5.86. The number of nitrogens with one attached hydrogen (secondary N) is 1. The molecular formula is C20H20BrN3O5S. The number of morpholine rings is 1. The van der Waals surface area contributed by atoms with Crippen molar-refractivity contribution in [2.45, 2.75) is 11.0 Å². The van der Waals surface area contributed by atoms with Gasteiger partial charge in [0, 0.05) is 28.5 Å². The largest absolute Gasteiger partial charge is 0.491 e. The van der Waals surface area contributed by atoms with Crippen LogP contribution in [0.2, 0.25) is 0 Å². The minimum Gasteiger partial charge on any atom is -0.491 e. The lowest BCUT2D eigenvalue weighted by molar-refractivity contribution is -0.0249. The molecule has 1 aromatic heterocycles. The predicted octanol–water partition coefficient (Wildman–Crippen LogP) is 2.50. The van der Waals surface area contributed by atoms with Gasteiger partial charge < -0.3 is 20.2 Å². The van der Waals surface area contributed by atoms with Gasteiger partial charge in [0.15, 0.2) is 0 Å². The number of halogens is 1. The zero-order chi connectivity index (χ0) is 21.3. The van der Waals surface area contributed by atoms with Crippen molar-refractivity contribution in [3.05, 3.63) is 58.7 Å². The third-order valence-electron chi connectivity index (χ3n) is 4.84. The zero-order valence-electron chi connectivity index (χ0n) is 15.9. The Morgan fingerprint density at radius 3 is 2.77 bits per heavy atom. The van der Waals surface area contributed by atoms with Gasteiger partial charge in [-0.05, 0) is 30.3 Å². The molecule has 1 unspecified atom stereocenters. The summed E-state index contributed by atoms with van der Waals surface area (Å²) >= 11 is 3.35. The molecule has 2 heterocycles. The molecule has 0 bridgehead atoms. The van der Waals surface area contributed by atoms with E-state index < -0.39 is 22.0 Å². The summed E-state index contributed by atoms with van der Waals surface area (Å²) in [7, 11) is -4.01. The fourth-order valence-electron chi connectivity index (χ4n) is 3.43. The molecule has 30 heavy (non-hydrogen) atoms. The van der Waals surface area contributed by atoms with E-state index in [0.29, 0.717) is 21.1 Å². The van der Waals surface area contributed by atoms with E-state index >= 15 is 0 Å². The maximum atomic E-state index is 13.5. The molecule has 3 N–H and O–H groups in total. The lowest BCUT2D eigenvalue weighted by Gasteiger charge is -2.32. The van der Waals surface area contributed by atoms with Gasteiger partial charge in [-0.15, -0.1) is 0 Å². The number of aromatic nitrogens is 1. The van der Waals surface area contributed by atoms with Crippen LogP contribution in [0.3, 0.4) is 0 Å². The first kappa shape index (κ1) is 20.9. The van der Waals surface area contributed by atoms with E-state index in [1.807, 2.05) is 30.3 Å². The van der Waals surface area contributed by atoms with Gasteiger partial charge in [-0.2, -0.15) is 4.31 Å². The highest BCUT2D eigenvalue weighted by atomic mass is 79.9. The first-order valence-electron chi connectivity index (χ1n) is 9.27. The molecule has 1 atom stereocenters. The number of nitrogens with zero attached hydrogens (tertiary/aromatic N) is 1. The number of nitrogens with two attached hydrogens (primary N) is 1. The number of primary amides is 1. The summed E-state index contributed by atoms with van der Waals surface area (Å²) in [5.74, 6) is -0.156. The molecule has 1 aliphatic rings. The molecule has 1 amide bonds. The smallest absolute Gasteiger partial charge is 0.266 e. The number of fused-ring (bicyclic) bond motifs is 1. The molecule has 3 aromatic rings. The van der Waals surface area contributed by atoms with E-state index in [0.717, 1.165) is 0 Å². The maximum Gasteiger partial charge on any atom is 0.266 e. The number of hydrogen-bond acceptors (Lipinski definition) is 5. The zero-order valence-corrected chi connectivity index (χ0v) is 18.3. The normalized spacial score (nSPS) is 17.8. The Balaban J connectivity index is 1.62. The number of hydrogen-bond donors (Lipinski definition) is 2. The van der Waals surface area contributed by atoms with E-state index in [4.69, 9.17) is 15.2 Å².